The highest BCUT2D eigenvalue weighted by atomic mass is 15.2. The van der Waals surface area contributed by atoms with E-state index < -0.39 is 0 Å². The lowest BCUT2D eigenvalue weighted by atomic mass is 9.91. The SMILES string of the molecule is C=C(N[C@@H]1CN2CC[C@@H]1C2)C(C)(C)C. The van der Waals surface area contributed by atoms with Crippen molar-refractivity contribution in [1.29, 1.82) is 0 Å². The minimum atomic E-state index is 0.192. The topological polar surface area (TPSA) is 15.3 Å². The Kier molecular flexibility index (Phi) is 2.34. The van der Waals surface area contributed by atoms with Gasteiger partial charge in [-0.05, 0) is 18.9 Å². The molecule has 3 atom stereocenters. The second kappa shape index (κ2) is 3.27. The molecule has 2 heterocycles. The molecule has 1 unspecified atom stereocenters. The Bertz CT molecular complexity index is 239. The van der Waals surface area contributed by atoms with Gasteiger partial charge in [-0.25, -0.2) is 0 Å². The summed E-state index contributed by atoms with van der Waals surface area (Å²) in [6, 6.07) is 0.662. The molecule has 0 spiro atoms. The van der Waals surface area contributed by atoms with Crippen LogP contribution in [0.3, 0.4) is 0 Å². The van der Waals surface area contributed by atoms with E-state index in [1.807, 2.05) is 0 Å². The zero-order valence-electron chi connectivity index (χ0n) is 9.64. The summed E-state index contributed by atoms with van der Waals surface area (Å²) < 4.78 is 0. The van der Waals surface area contributed by atoms with Gasteiger partial charge in [0.2, 0.25) is 0 Å². The molecule has 2 bridgehead atoms. The van der Waals surface area contributed by atoms with Crippen molar-refractivity contribution in [3.05, 3.63) is 12.3 Å². The number of allylic oxidation sites excluding steroid dienone is 1. The average molecular weight is 194 g/mol. The summed E-state index contributed by atoms with van der Waals surface area (Å²) in [6.45, 7) is 14.6. The second-order valence-electron chi connectivity index (χ2n) is 5.79. The molecule has 0 radical (unpaired) electrons. The zero-order valence-corrected chi connectivity index (χ0v) is 9.64. The van der Waals surface area contributed by atoms with Gasteiger partial charge in [-0.3, -0.25) is 0 Å². The summed E-state index contributed by atoms with van der Waals surface area (Å²) in [7, 11) is 0. The summed E-state index contributed by atoms with van der Waals surface area (Å²) >= 11 is 0. The van der Waals surface area contributed by atoms with Crippen molar-refractivity contribution in [3.8, 4) is 0 Å². The van der Waals surface area contributed by atoms with Gasteiger partial charge in [0, 0.05) is 30.2 Å². The predicted octanol–water partition coefficient (Wildman–Crippen LogP) is 1.84. The highest BCUT2D eigenvalue weighted by molar-refractivity contribution is 5.08. The number of rotatable bonds is 2. The molecule has 1 N–H and O–H groups in total. The van der Waals surface area contributed by atoms with Gasteiger partial charge >= 0.3 is 0 Å². The Morgan fingerprint density at radius 3 is 2.50 bits per heavy atom. The van der Waals surface area contributed by atoms with Crippen LogP contribution in [0.5, 0.6) is 0 Å². The summed E-state index contributed by atoms with van der Waals surface area (Å²) in [6.07, 6.45) is 1.37. The van der Waals surface area contributed by atoms with E-state index in [1.54, 1.807) is 0 Å². The van der Waals surface area contributed by atoms with E-state index in [-0.39, 0.29) is 5.41 Å². The maximum absolute atomic E-state index is 4.14. The normalized spacial score (nSPS) is 36.1. The van der Waals surface area contributed by atoms with Gasteiger partial charge in [-0.2, -0.15) is 0 Å². The van der Waals surface area contributed by atoms with Crippen LogP contribution in [0.15, 0.2) is 12.3 Å². The first kappa shape index (κ1) is 10.0. The number of hydrogen-bond donors (Lipinski definition) is 1. The third-order valence-electron chi connectivity index (χ3n) is 3.60. The fourth-order valence-electron chi connectivity index (χ4n) is 2.39. The van der Waals surface area contributed by atoms with Gasteiger partial charge < -0.3 is 10.2 Å². The van der Waals surface area contributed by atoms with Crippen LogP contribution in [0.25, 0.3) is 0 Å². The minimum absolute atomic E-state index is 0.192. The largest absolute Gasteiger partial charge is 0.384 e. The van der Waals surface area contributed by atoms with Crippen LogP contribution in [-0.4, -0.2) is 30.6 Å². The van der Waals surface area contributed by atoms with Gasteiger partial charge in [-0.1, -0.05) is 27.4 Å². The Morgan fingerprint density at radius 2 is 2.07 bits per heavy atom. The monoisotopic (exact) mass is 194 g/mol. The van der Waals surface area contributed by atoms with E-state index in [4.69, 9.17) is 0 Å². The Labute approximate surface area is 87.4 Å². The molecular formula is C12H22N2. The molecule has 2 nitrogen and oxygen atoms in total. The minimum Gasteiger partial charge on any atom is -0.384 e. The molecule has 0 amide bonds. The molecule has 2 fully saturated rings. The van der Waals surface area contributed by atoms with Gasteiger partial charge in [0.15, 0.2) is 0 Å². The van der Waals surface area contributed by atoms with Crippen LogP contribution in [-0.2, 0) is 0 Å². The second-order valence-corrected chi connectivity index (χ2v) is 5.79. The summed E-state index contributed by atoms with van der Waals surface area (Å²) in [5.41, 5.74) is 1.38. The fraction of sp³-hybridized carbons (Fsp3) is 0.833. The fourth-order valence-corrected chi connectivity index (χ4v) is 2.39. The number of hydrogen-bond acceptors (Lipinski definition) is 2. The average Bonchev–Trinajstić information content (AvgIpc) is 2.62. The zero-order chi connectivity index (χ0) is 10.3. The van der Waals surface area contributed by atoms with Crippen molar-refractivity contribution in [3.63, 3.8) is 0 Å². The van der Waals surface area contributed by atoms with E-state index in [9.17, 15) is 0 Å². The summed E-state index contributed by atoms with van der Waals surface area (Å²) in [5, 5.41) is 3.61. The van der Waals surface area contributed by atoms with Crippen LogP contribution in [0.4, 0.5) is 0 Å². The van der Waals surface area contributed by atoms with Crippen molar-refractivity contribution in [2.24, 2.45) is 11.3 Å². The molecule has 0 saturated carbocycles. The number of nitrogens with one attached hydrogen (secondary N) is 1. The van der Waals surface area contributed by atoms with E-state index in [0.717, 1.165) is 5.92 Å². The Morgan fingerprint density at radius 1 is 1.36 bits per heavy atom. The van der Waals surface area contributed by atoms with Crippen molar-refractivity contribution in [2.75, 3.05) is 19.6 Å². The number of piperidine rings is 1. The first-order valence-corrected chi connectivity index (χ1v) is 5.65. The molecule has 2 rings (SSSR count). The van der Waals surface area contributed by atoms with Crippen molar-refractivity contribution in [1.82, 2.24) is 10.2 Å². The first-order valence-electron chi connectivity index (χ1n) is 5.65. The van der Waals surface area contributed by atoms with E-state index in [2.05, 4.69) is 37.6 Å². The smallest absolute Gasteiger partial charge is 0.0426 e. The van der Waals surface area contributed by atoms with E-state index in [0.29, 0.717) is 6.04 Å². The predicted molar refractivity (Wildman–Crippen MR) is 60.1 cm³/mol. The molecule has 2 aliphatic heterocycles. The molecule has 0 aromatic carbocycles. The van der Waals surface area contributed by atoms with E-state index in [1.165, 1.54) is 31.8 Å². The maximum atomic E-state index is 4.14. The van der Waals surface area contributed by atoms with Crippen LogP contribution >= 0.6 is 0 Å². The maximum Gasteiger partial charge on any atom is 0.0426 e. The highest BCUT2D eigenvalue weighted by Crippen LogP contribution is 2.30. The first-order chi connectivity index (χ1) is 6.47. The molecule has 2 heteroatoms. The molecule has 14 heavy (non-hydrogen) atoms. The van der Waals surface area contributed by atoms with Crippen LogP contribution in [0, 0.1) is 11.3 Å². The van der Waals surface area contributed by atoms with Crippen LogP contribution in [0.2, 0.25) is 0 Å². The van der Waals surface area contributed by atoms with Gasteiger partial charge in [0.1, 0.15) is 0 Å². The Hall–Kier alpha value is -0.500. The molecule has 2 saturated heterocycles. The van der Waals surface area contributed by atoms with Gasteiger partial charge in [0.05, 0.1) is 0 Å². The van der Waals surface area contributed by atoms with Crippen LogP contribution in [0.1, 0.15) is 27.2 Å². The number of nitrogens with zero attached hydrogens (tertiary/aromatic N) is 1. The molecule has 0 aliphatic carbocycles. The lowest BCUT2D eigenvalue weighted by Crippen LogP contribution is -2.41. The summed E-state index contributed by atoms with van der Waals surface area (Å²) in [5.74, 6) is 0.870. The molecule has 2 aliphatic rings. The van der Waals surface area contributed by atoms with E-state index >= 15 is 0 Å². The van der Waals surface area contributed by atoms with Crippen LogP contribution < -0.4 is 5.32 Å². The lowest BCUT2D eigenvalue weighted by Gasteiger charge is -2.30. The highest BCUT2D eigenvalue weighted by Gasteiger charge is 2.38. The van der Waals surface area contributed by atoms with Crippen molar-refractivity contribution >= 4 is 0 Å². The quantitative estimate of drug-likeness (QED) is 0.721. The molecular weight excluding hydrogens is 172 g/mol. The third-order valence-corrected chi connectivity index (χ3v) is 3.60. The molecule has 80 valence electrons. The van der Waals surface area contributed by atoms with Gasteiger partial charge in [-0.15, -0.1) is 0 Å². The van der Waals surface area contributed by atoms with Crippen molar-refractivity contribution in [2.45, 2.75) is 33.2 Å². The molecule has 0 aromatic rings. The standard InChI is InChI=1S/C12H22N2/c1-9(12(2,3)4)13-11-8-14-6-5-10(11)7-14/h10-11,13H,1,5-8H2,2-4H3/t10-,11-/m1/s1. The lowest BCUT2D eigenvalue weighted by molar-refractivity contribution is 0.312. The Balaban J connectivity index is 1.90. The third kappa shape index (κ3) is 1.81. The summed E-state index contributed by atoms with van der Waals surface area (Å²) in [4.78, 5) is 2.55. The van der Waals surface area contributed by atoms with Gasteiger partial charge in [0.25, 0.3) is 0 Å². The number of fused-ring (bicyclic) bond motifs is 2. The molecule has 0 aromatic heterocycles. The van der Waals surface area contributed by atoms with Crippen molar-refractivity contribution < 1.29 is 0 Å².